The molecule has 0 fully saturated rings. The van der Waals surface area contributed by atoms with Crippen LogP contribution >= 0.6 is 7.14 Å². The van der Waals surface area contributed by atoms with Crippen LogP contribution in [0.15, 0.2) is 84.9 Å². The molecule has 0 unspecified atom stereocenters. The largest absolute Gasteiger partial charge is 0.492 e. The zero-order chi connectivity index (χ0) is 21.4. The Morgan fingerprint density at radius 3 is 1.90 bits per heavy atom. The fraction of sp³-hybridized carbons (Fsp3) is 0.208. The van der Waals surface area contributed by atoms with E-state index in [-0.39, 0.29) is 0 Å². The molecule has 5 nitrogen and oxygen atoms in total. The first kappa shape index (κ1) is 21.7. The van der Waals surface area contributed by atoms with Gasteiger partial charge in [0.05, 0.1) is 13.7 Å². The Kier molecular flexibility index (Phi) is 7.31. The predicted molar refractivity (Wildman–Crippen MR) is 120 cm³/mol. The standard InChI is InChI=1S/C24H26NO4P/c1-25(24(26)28-2)17-18-29-21-15-13-20(14-16-21)19-30(27,22-9-5-3-6-10-22)23-11-7-4-8-12-23/h3-16H,17-19H2,1-2H3. The first-order chi connectivity index (χ1) is 14.5. The van der Waals surface area contributed by atoms with Crippen LogP contribution in [0.4, 0.5) is 4.79 Å². The van der Waals surface area contributed by atoms with Crippen LogP contribution in [0.5, 0.6) is 5.75 Å². The molecule has 30 heavy (non-hydrogen) atoms. The summed E-state index contributed by atoms with van der Waals surface area (Å²) in [5, 5.41) is 1.70. The number of rotatable bonds is 8. The van der Waals surface area contributed by atoms with Crippen LogP contribution in [0.2, 0.25) is 0 Å². The zero-order valence-corrected chi connectivity index (χ0v) is 18.1. The van der Waals surface area contributed by atoms with Gasteiger partial charge in [-0.25, -0.2) is 4.79 Å². The van der Waals surface area contributed by atoms with Gasteiger partial charge in [0.25, 0.3) is 0 Å². The minimum Gasteiger partial charge on any atom is -0.492 e. The molecule has 0 N–H and O–H groups in total. The number of nitrogens with zero attached hydrogens (tertiary/aromatic N) is 1. The summed E-state index contributed by atoms with van der Waals surface area (Å²) >= 11 is 0. The molecule has 0 atom stereocenters. The van der Waals surface area contributed by atoms with Crippen LogP contribution in [0.3, 0.4) is 0 Å². The van der Waals surface area contributed by atoms with Crippen molar-refractivity contribution in [1.29, 1.82) is 0 Å². The first-order valence-corrected chi connectivity index (χ1v) is 11.6. The van der Waals surface area contributed by atoms with Crippen LogP contribution < -0.4 is 15.3 Å². The molecule has 1 amide bonds. The number of methoxy groups -OCH3 is 1. The molecule has 0 radical (unpaired) electrons. The fourth-order valence-electron chi connectivity index (χ4n) is 3.16. The molecule has 0 bridgehead atoms. The monoisotopic (exact) mass is 423 g/mol. The second-order valence-electron chi connectivity index (χ2n) is 6.95. The van der Waals surface area contributed by atoms with E-state index in [1.807, 2.05) is 84.9 Å². The molecule has 0 aliphatic rings. The summed E-state index contributed by atoms with van der Waals surface area (Å²) in [5.41, 5.74) is 0.977. The van der Waals surface area contributed by atoms with Gasteiger partial charge in [0.2, 0.25) is 0 Å². The van der Waals surface area contributed by atoms with Gasteiger partial charge in [0.15, 0.2) is 0 Å². The molecule has 6 heteroatoms. The lowest BCUT2D eigenvalue weighted by Gasteiger charge is -2.20. The van der Waals surface area contributed by atoms with E-state index < -0.39 is 13.2 Å². The maximum atomic E-state index is 14.1. The Balaban J connectivity index is 1.72. The molecule has 3 aromatic rings. The SMILES string of the molecule is COC(=O)N(C)CCOc1ccc(CP(=O)(c2ccccc2)c2ccccc2)cc1. The smallest absolute Gasteiger partial charge is 0.409 e. The Labute approximate surface area is 177 Å². The average molecular weight is 423 g/mol. The van der Waals surface area contributed by atoms with E-state index in [1.165, 1.54) is 12.0 Å². The van der Waals surface area contributed by atoms with Crippen molar-refractivity contribution in [2.75, 3.05) is 27.3 Å². The van der Waals surface area contributed by atoms with Crippen molar-refractivity contribution in [1.82, 2.24) is 4.90 Å². The van der Waals surface area contributed by atoms with Gasteiger partial charge in [-0.05, 0) is 17.7 Å². The minimum absolute atomic E-state index is 0.359. The van der Waals surface area contributed by atoms with Gasteiger partial charge in [-0.3, -0.25) is 0 Å². The highest BCUT2D eigenvalue weighted by molar-refractivity contribution is 7.78. The Hall–Kier alpha value is -3.04. The van der Waals surface area contributed by atoms with E-state index in [9.17, 15) is 9.36 Å². The number of ether oxygens (including phenoxy) is 2. The first-order valence-electron chi connectivity index (χ1n) is 9.74. The van der Waals surface area contributed by atoms with E-state index in [4.69, 9.17) is 4.74 Å². The van der Waals surface area contributed by atoms with Gasteiger partial charge in [0, 0.05) is 23.8 Å². The fourth-order valence-corrected chi connectivity index (χ4v) is 5.86. The second-order valence-corrected chi connectivity index (χ2v) is 9.78. The third kappa shape index (κ3) is 5.31. The molecule has 0 heterocycles. The van der Waals surface area contributed by atoms with Gasteiger partial charge in [-0.2, -0.15) is 0 Å². The van der Waals surface area contributed by atoms with Gasteiger partial charge in [0.1, 0.15) is 19.5 Å². The lowest BCUT2D eigenvalue weighted by atomic mass is 10.2. The molecule has 0 aromatic heterocycles. The highest BCUT2D eigenvalue weighted by Crippen LogP contribution is 2.46. The average Bonchev–Trinajstić information content (AvgIpc) is 2.80. The maximum absolute atomic E-state index is 14.1. The normalized spacial score (nSPS) is 11.0. The van der Waals surface area contributed by atoms with Gasteiger partial charge in [-0.15, -0.1) is 0 Å². The van der Waals surface area contributed by atoms with Crippen molar-refractivity contribution < 1.29 is 18.8 Å². The number of hydrogen-bond donors (Lipinski definition) is 0. The zero-order valence-electron chi connectivity index (χ0n) is 17.2. The molecule has 3 rings (SSSR count). The number of hydrogen-bond acceptors (Lipinski definition) is 4. The summed E-state index contributed by atoms with van der Waals surface area (Å²) in [5.74, 6) is 0.700. The summed E-state index contributed by atoms with van der Waals surface area (Å²) in [7, 11) is 0.196. The van der Waals surface area contributed by atoms with E-state index in [0.29, 0.717) is 25.1 Å². The van der Waals surface area contributed by atoms with Crippen molar-refractivity contribution >= 4 is 23.8 Å². The second kappa shape index (κ2) is 10.1. The minimum atomic E-state index is -2.81. The maximum Gasteiger partial charge on any atom is 0.409 e. The molecular formula is C24H26NO4P. The lowest BCUT2D eigenvalue weighted by Crippen LogP contribution is -2.30. The van der Waals surface area contributed by atoms with Crippen molar-refractivity contribution in [2.24, 2.45) is 0 Å². The van der Waals surface area contributed by atoms with Gasteiger partial charge in [-0.1, -0.05) is 72.8 Å². The topological polar surface area (TPSA) is 55.8 Å². The van der Waals surface area contributed by atoms with Crippen LogP contribution in [-0.4, -0.2) is 38.3 Å². The summed E-state index contributed by atoms with van der Waals surface area (Å²) in [6, 6.07) is 26.9. The van der Waals surface area contributed by atoms with Crippen molar-refractivity contribution in [3.63, 3.8) is 0 Å². The summed E-state index contributed by atoms with van der Waals surface area (Å²) in [6.07, 6.45) is 0.0402. The molecule has 0 saturated heterocycles. The molecule has 0 aliphatic heterocycles. The number of amides is 1. The Bertz CT molecular complexity index is 947. The molecule has 0 saturated carbocycles. The highest BCUT2D eigenvalue weighted by Gasteiger charge is 2.27. The molecule has 156 valence electrons. The molecule has 0 aliphatic carbocycles. The van der Waals surface area contributed by atoms with E-state index in [1.54, 1.807) is 7.05 Å². The van der Waals surface area contributed by atoms with Gasteiger partial charge >= 0.3 is 6.09 Å². The predicted octanol–water partition coefficient (Wildman–Crippen LogP) is 4.28. The van der Waals surface area contributed by atoms with Crippen LogP contribution in [-0.2, 0) is 15.5 Å². The van der Waals surface area contributed by atoms with Crippen molar-refractivity contribution in [3.05, 3.63) is 90.5 Å². The Morgan fingerprint density at radius 2 is 1.40 bits per heavy atom. The number of carbonyl (C=O) groups is 1. The number of likely N-dealkylation sites (N-methyl/N-ethyl adjacent to an activating group) is 1. The van der Waals surface area contributed by atoms with Crippen LogP contribution in [0.25, 0.3) is 0 Å². The highest BCUT2D eigenvalue weighted by atomic mass is 31.2. The van der Waals surface area contributed by atoms with E-state index in [2.05, 4.69) is 4.74 Å². The van der Waals surface area contributed by atoms with E-state index in [0.717, 1.165) is 16.2 Å². The number of carbonyl (C=O) groups excluding carboxylic acids is 1. The summed E-state index contributed by atoms with van der Waals surface area (Å²) in [6.45, 7) is 0.781. The lowest BCUT2D eigenvalue weighted by molar-refractivity contribution is 0.126. The molecular weight excluding hydrogens is 397 g/mol. The van der Waals surface area contributed by atoms with Crippen molar-refractivity contribution in [3.8, 4) is 5.75 Å². The van der Waals surface area contributed by atoms with Crippen LogP contribution in [0, 0.1) is 0 Å². The van der Waals surface area contributed by atoms with Gasteiger partial charge < -0.3 is 18.9 Å². The number of benzene rings is 3. The molecule has 0 spiro atoms. The van der Waals surface area contributed by atoms with E-state index >= 15 is 0 Å². The molecule has 3 aromatic carbocycles. The summed E-state index contributed by atoms with van der Waals surface area (Å²) in [4.78, 5) is 12.8. The third-order valence-corrected chi connectivity index (χ3v) is 7.93. The summed E-state index contributed by atoms with van der Waals surface area (Å²) < 4.78 is 24.5. The third-order valence-electron chi connectivity index (χ3n) is 4.86. The van der Waals surface area contributed by atoms with Crippen LogP contribution in [0.1, 0.15) is 5.56 Å². The quantitative estimate of drug-likeness (QED) is 0.508. The Morgan fingerprint density at radius 1 is 0.867 bits per heavy atom. The van der Waals surface area contributed by atoms with Crippen molar-refractivity contribution in [2.45, 2.75) is 6.16 Å².